The van der Waals surface area contributed by atoms with Crippen molar-refractivity contribution in [3.05, 3.63) is 0 Å². The molecule has 2 fully saturated rings. The van der Waals surface area contributed by atoms with Crippen molar-refractivity contribution < 1.29 is 4.74 Å². The van der Waals surface area contributed by atoms with Crippen molar-refractivity contribution in [2.75, 3.05) is 0 Å². The number of fused-ring (bicyclic) bond motifs is 2. The molecule has 1 heteroatoms. The van der Waals surface area contributed by atoms with E-state index < -0.39 is 0 Å². The van der Waals surface area contributed by atoms with Crippen LogP contribution in [0.3, 0.4) is 0 Å². The van der Waals surface area contributed by atoms with Crippen LogP contribution in [0.25, 0.3) is 0 Å². The lowest BCUT2D eigenvalue weighted by molar-refractivity contribution is -0.0982. The summed E-state index contributed by atoms with van der Waals surface area (Å²) < 4.78 is 6.12. The van der Waals surface area contributed by atoms with Gasteiger partial charge in [0.15, 0.2) is 0 Å². The molecule has 0 N–H and O–H groups in total. The summed E-state index contributed by atoms with van der Waals surface area (Å²) in [5.74, 6) is 3.62. The van der Waals surface area contributed by atoms with Gasteiger partial charge in [-0.05, 0) is 56.8 Å². The molecule has 2 saturated carbocycles. The Bertz CT molecular complexity index is 211. The van der Waals surface area contributed by atoms with Crippen LogP contribution in [0.5, 0.6) is 0 Å². The molecule has 1 nitrogen and oxygen atoms in total. The minimum Gasteiger partial charge on any atom is -0.375 e. The monoisotopic (exact) mass is 210 g/mol. The lowest BCUT2D eigenvalue weighted by atomic mass is 9.62. The summed E-state index contributed by atoms with van der Waals surface area (Å²) in [6.45, 7) is 9.19. The molecule has 0 radical (unpaired) electrons. The summed E-state index contributed by atoms with van der Waals surface area (Å²) in [7, 11) is 0. The summed E-state index contributed by atoms with van der Waals surface area (Å²) in [5.41, 5.74) is 0. The highest BCUT2D eigenvalue weighted by Gasteiger charge is 2.41. The molecule has 0 aromatic rings. The molecule has 2 rings (SSSR count). The van der Waals surface area contributed by atoms with E-state index in [9.17, 15) is 0 Å². The topological polar surface area (TPSA) is 9.23 Å². The zero-order chi connectivity index (χ0) is 11.0. The maximum atomic E-state index is 6.12. The second kappa shape index (κ2) is 4.45. The second-order valence-electron chi connectivity index (χ2n) is 6.15. The number of rotatable bonds is 2. The highest BCUT2D eigenvalue weighted by Crippen LogP contribution is 2.47. The molecule has 15 heavy (non-hydrogen) atoms. The van der Waals surface area contributed by atoms with E-state index in [-0.39, 0.29) is 0 Å². The van der Waals surface area contributed by atoms with Crippen molar-refractivity contribution in [1.82, 2.24) is 0 Å². The summed E-state index contributed by atoms with van der Waals surface area (Å²) in [6, 6.07) is 0. The fourth-order valence-corrected chi connectivity index (χ4v) is 3.67. The molecule has 2 aliphatic carbocycles. The SMILES string of the molecule is CC(C)OC1CC(C)C2CCC(C)C1C2. The van der Waals surface area contributed by atoms with Gasteiger partial charge in [-0.2, -0.15) is 0 Å². The Morgan fingerprint density at radius 2 is 1.73 bits per heavy atom. The first-order valence-electron chi connectivity index (χ1n) is 6.73. The highest BCUT2D eigenvalue weighted by atomic mass is 16.5. The van der Waals surface area contributed by atoms with Crippen molar-refractivity contribution in [2.24, 2.45) is 23.7 Å². The first kappa shape index (κ1) is 11.4. The molecule has 0 spiro atoms. The number of ether oxygens (including phenoxy) is 1. The van der Waals surface area contributed by atoms with E-state index in [1.54, 1.807) is 0 Å². The molecule has 0 aromatic heterocycles. The Labute approximate surface area is 94.6 Å². The van der Waals surface area contributed by atoms with Crippen molar-refractivity contribution >= 4 is 0 Å². The van der Waals surface area contributed by atoms with E-state index in [1.807, 2.05) is 0 Å². The van der Waals surface area contributed by atoms with E-state index in [0.717, 1.165) is 23.7 Å². The van der Waals surface area contributed by atoms with E-state index in [1.165, 1.54) is 25.7 Å². The van der Waals surface area contributed by atoms with Gasteiger partial charge in [-0.15, -0.1) is 0 Å². The van der Waals surface area contributed by atoms with Crippen LogP contribution in [-0.2, 0) is 4.74 Å². The predicted octanol–water partition coefficient (Wildman–Crippen LogP) is 3.87. The molecule has 2 aliphatic rings. The largest absolute Gasteiger partial charge is 0.375 e. The normalized spacial score (nSPS) is 45.8. The molecule has 2 bridgehead atoms. The van der Waals surface area contributed by atoms with Gasteiger partial charge in [0.1, 0.15) is 0 Å². The van der Waals surface area contributed by atoms with E-state index in [4.69, 9.17) is 4.74 Å². The minimum atomic E-state index is 0.396. The molecule has 0 aliphatic heterocycles. The number of hydrogen-bond donors (Lipinski definition) is 0. The molecule has 88 valence electrons. The lowest BCUT2D eigenvalue weighted by Gasteiger charge is -2.47. The molecule has 0 amide bonds. The fourth-order valence-electron chi connectivity index (χ4n) is 3.67. The van der Waals surface area contributed by atoms with Crippen LogP contribution in [-0.4, -0.2) is 12.2 Å². The number of hydrogen-bond acceptors (Lipinski definition) is 1. The van der Waals surface area contributed by atoms with Gasteiger partial charge in [-0.25, -0.2) is 0 Å². The van der Waals surface area contributed by atoms with Gasteiger partial charge in [-0.1, -0.05) is 20.3 Å². The maximum Gasteiger partial charge on any atom is 0.0612 e. The van der Waals surface area contributed by atoms with Gasteiger partial charge in [0.25, 0.3) is 0 Å². The van der Waals surface area contributed by atoms with Gasteiger partial charge in [0.2, 0.25) is 0 Å². The molecule has 0 heterocycles. The summed E-state index contributed by atoms with van der Waals surface area (Å²) >= 11 is 0. The minimum absolute atomic E-state index is 0.396. The average Bonchev–Trinajstić information content (AvgIpc) is 2.15. The molecular formula is C14H26O. The van der Waals surface area contributed by atoms with Gasteiger partial charge in [-0.3, -0.25) is 0 Å². The maximum absolute atomic E-state index is 6.12. The standard InChI is InChI=1S/C14H26O/c1-9(2)15-14-7-11(4)12-6-5-10(3)13(14)8-12/h9-14H,5-8H2,1-4H3. The van der Waals surface area contributed by atoms with Crippen molar-refractivity contribution in [1.29, 1.82) is 0 Å². The van der Waals surface area contributed by atoms with Crippen LogP contribution in [0, 0.1) is 23.7 Å². The van der Waals surface area contributed by atoms with Crippen LogP contribution in [0.2, 0.25) is 0 Å². The van der Waals surface area contributed by atoms with Crippen LogP contribution in [0.4, 0.5) is 0 Å². The molecule has 0 aromatic carbocycles. The fraction of sp³-hybridized carbons (Fsp3) is 1.00. The predicted molar refractivity (Wildman–Crippen MR) is 63.8 cm³/mol. The van der Waals surface area contributed by atoms with Gasteiger partial charge >= 0.3 is 0 Å². The second-order valence-corrected chi connectivity index (χ2v) is 6.15. The third kappa shape index (κ3) is 2.38. The van der Waals surface area contributed by atoms with Gasteiger partial charge in [0.05, 0.1) is 12.2 Å². The highest BCUT2D eigenvalue weighted by molar-refractivity contribution is 4.91. The lowest BCUT2D eigenvalue weighted by Crippen LogP contribution is -2.43. The Kier molecular flexibility index (Phi) is 3.39. The van der Waals surface area contributed by atoms with Crippen LogP contribution >= 0.6 is 0 Å². The van der Waals surface area contributed by atoms with Crippen LogP contribution in [0.1, 0.15) is 53.4 Å². The van der Waals surface area contributed by atoms with Gasteiger partial charge < -0.3 is 4.74 Å². The molecular weight excluding hydrogens is 184 g/mol. The van der Waals surface area contributed by atoms with Crippen molar-refractivity contribution in [3.63, 3.8) is 0 Å². The summed E-state index contributed by atoms with van der Waals surface area (Å²) in [6.07, 6.45) is 6.57. The third-order valence-corrected chi connectivity index (χ3v) is 4.63. The van der Waals surface area contributed by atoms with E-state index in [2.05, 4.69) is 27.7 Å². The van der Waals surface area contributed by atoms with Crippen LogP contribution < -0.4 is 0 Å². The van der Waals surface area contributed by atoms with Crippen molar-refractivity contribution in [2.45, 2.75) is 65.6 Å². The summed E-state index contributed by atoms with van der Waals surface area (Å²) in [4.78, 5) is 0. The summed E-state index contributed by atoms with van der Waals surface area (Å²) in [5, 5.41) is 0. The smallest absolute Gasteiger partial charge is 0.0612 e. The Morgan fingerprint density at radius 1 is 1.00 bits per heavy atom. The Hall–Kier alpha value is -0.0400. The van der Waals surface area contributed by atoms with Crippen LogP contribution in [0.15, 0.2) is 0 Å². The van der Waals surface area contributed by atoms with Crippen molar-refractivity contribution in [3.8, 4) is 0 Å². The average molecular weight is 210 g/mol. The van der Waals surface area contributed by atoms with E-state index in [0.29, 0.717) is 12.2 Å². The Morgan fingerprint density at radius 3 is 2.40 bits per heavy atom. The first-order valence-corrected chi connectivity index (χ1v) is 6.73. The zero-order valence-electron chi connectivity index (χ0n) is 10.7. The molecule has 5 unspecified atom stereocenters. The first-order chi connectivity index (χ1) is 7.08. The Balaban J connectivity index is 2.03. The zero-order valence-corrected chi connectivity index (χ0v) is 10.7. The molecule has 5 atom stereocenters. The van der Waals surface area contributed by atoms with E-state index >= 15 is 0 Å². The quantitative estimate of drug-likeness (QED) is 0.672. The van der Waals surface area contributed by atoms with Gasteiger partial charge in [0, 0.05) is 0 Å². The molecule has 0 saturated heterocycles. The third-order valence-electron chi connectivity index (χ3n) is 4.63.